The molecule has 0 radical (unpaired) electrons. The van der Waals surface area contributed by atoms with E-state index in [1.807, 2.05) is 11.9 Å². The highest BCUT2D eigenvalue weighted by molar-refractivity contribution is 6.29. The maximum Gasteiger partial charge on any atom is 0.335 e. The van der Waals surface area contributed by atoms with E-state index in [1.54, 1.807) is 6.07 Å². The Kier molecular flexibility index (Phi) is 4.61. The lowest BCUT2D eigenvalue weighted by atomic mass is 10.2. The Hall–Kier alpha value is -1.33. The molecule has 2 rings (SSSR count). The van der Waals surface area contributed by atoms with Crippen LogP contribution in [0.3, 0.4) is 0 Å². The van der Waals surface area contributed by atoms with Gasteiger partial charge in [-0.2, -0.15) is 0 Å². The highest BCUT2D eigenvalue weighted by Crippen LogP contribution is 2.17. The van der Waals surface area contributed by atoms with Crippen LogP contribution in [-0.4, -0.2) is 54.2 Å². The summed E-state index contributed by atoms with van der Waals surface area (Å²) in [6.45, 7) is 4.08. The van der Waals surface area contributed by atoms with Gasteiger partial charge < -0.3 is 14.9 Å². The monoisotopic (exact) mass is 283 g/mol. The standard InChI is InChI=1S/C13H18ClN3O2/c1-16(6-7-17-4-2-3-5-17)12-9-10(13(18)19)8-11(14)15-12/h8-9H,2-7H2,1H3,(H,18,19). The number of aromatic nitrogens is 1. The van der Waals surface area contributed by atoms with E-state index >= 15 is 0 Å². The van der Waals surface area contributed by atoms with Crippen LogP contribution in [0.15, 0.2) is 12.1 Å². The van der Waals surface area contributed by atoms with Gasteiger partial charge in [0, 0.05) is 20.1 Å². The van der Waals surface area contributed by atoms with Gasteiger partial charge in [0.05, 0.1) is 5.56 Å². The SMILES string of the molecule is CN(CCN1CCCC1)c1cc(C(=O)O)cc(Cl)n1. The number of pyridine rings is 1. The topological polar surface area (TPSA) is 56.7 Å². The summed E-state index contributed by atoms with van der Waals surface area (Å²) in [6.07, 6.45) is 2.53. The minimum atomic E-state index is -0.988. The first-order chi connectivity index (χ1) is 9.06. The zero-order chi connectivity index (χ0) is 13.8. The van der Waals surface area contributed by atoms with Crippen LogP contribution in [0.1, 0.15) is 23.2 Å². The van der Waals surface area contributed by atoms with Crippen LogP contribution in [0.2, 0.25) is 5.15 Å². The average Bonchev–Trinajstić information content (AvgIpc) is 2.88. The summed E-state index contributed by atoms with van der Waals surface area (Å²) in [5.74, 6) is -0.386. The third kappa shape index (κ3) is 3.81. The van der Waals surface area contributed by atoms with Gasteiger partial charge in [0.1, 0.15) is 11.0 Å². The lowest BCUT2D eigenvalue weighted by Gasteiger charge is -2.22. The number of carboxylic acid groups (broad SMARTS) is 1. The van der Waals surface area contributed by atoms with Crippen molar-refractivity contribution in [2.45, 2.75) is 12.8 Å². The van der Waals surface area contributed by atoms with Gasteiger partial charge in [-0.05, 0) is 38.1 Å². The Balaban J connectivity index is 2.01. The first-order valence-corrected chi connectivity index (χ1v) is 6.78. The van der Waals surface area contributed by atoms with Crippen molar-refractivity contribution >= 4 is 23.4 Å². The average molecular weight is 284 g/mol. The van der Waals surface area contributed by atoms with Crippen LogP contribution >= 0.6 is 11.6 Å². The van der Waals surface area contributed by atoms with Crippen molar-refractivity contribution in [2.75, 3.05) is 38.1 Å². The number of likely N-dealkylation sites (N-methyl/N-ethyl adjacent to an activating group) is 1. The van der Waals surface area contributed by atoms with E-state index in [2.05, 4.69) is 9.88 Å². The number of halogens is 1. The molecule has 1 fully saturated rings. The summed E-state index contributed by atoms with van der Waals surface area (Å²) in [7, 11) is 1.90. The number of aromatic carboxylic acids is 1. The second-order valence-electron chi connectivity index (χ2n) is 4.81. The molecule has 0 aromatic carbocycles. The molecule has 1 aliphatic rings. The summed E-state index contributed by atoms with van der Waals surface area (Å²) in [5, 5.41) is 9.22. The van der Waals surface area contributed by atoms with Crippen LogP contribution in [0.5, 0.6) is 0 Å². The Labute approximate surface area is 117 Å². The number of anilines is 1. The number of hydrogen-bond acceptors (Lipinski definition) is 4. The summed E-state index contributed by atoms with van der Waals surface area (Å²) < 4.78 is 0. The van der Waals surface area contributed by atoms with Crippen molar-refractivity contribution in [2.24, 2.45) is 0 Å². The fourth-order valence-electron chi connectivity index (χ4n) is 2.21. The van der Waals surface area contributed by atoms with Gasteiger partial charge in [-0.15, -0.1) is 0 Å². The molecule has 0 aliphatic carbocycles. The predicted octanol–water partition coefficient (Wildman–Crippen LogP) is 1.97. The molecule has 6 heteroatoms. The first-order valence-electron chi connectivity index (χ1n) is 6.40. The molecule has 0 unspecified atom stereocenters. The van der Waals surface area contributed by atoms with Crippen LogP contribution in [0.4, 0.5) is 5.82 Å². The second kappa shape index (κ2) is 6.21. The molecule has 0 spiro atoms. The molecule has 1 aliphatic heterocycles. The largest absolute Gasteiger partial charge is 0.478 e. The van der Waals surface area contributed by atoms with Crippen molar-refractivity contribution in [1.29, 1.82) is 0 Å². The second-order valence-corrected chi connectivity index (χ2v) is 5.20. The quantitative estimate of drug-likeness (QED) is 0.837. The first kappa shape index (κ1) is 14.1. The summed E-state index contributed by atoms with van der Waals surface area (Å²) in [6, 6.07) is 2.92. The Morgan fingerprint density at radius 3 is 2.79 bits per heavy atom. The zero-order valence-electron chi connectivity index (χ0n) is 11.0. The molecule has 1 aromatic heterocycles. The van der Waals surface area contributed by atoms with Crippen molar-refractivity contribution in [3.05, 3.63) is 22.8 Å². The highest BCUT2D eigenvalue weighted by Gasteiger charge is 2.14. The third-order valence-corrected chi connectivity index (χ3v) is 3.56. The molecule has 5 nitrogen and oxygen atoms in total. The lowest BCUT2D eigenvalue weighted by molar-refractivity contribution is 0.0697. The van der Waals surface area contributed by atoms with Crippen LogP contribution < -0.4 is 4.90 Å². The molecule has 0 amide bonds. The van der Waals surface area contributed by atoms with Crippen LogP contribution in [0, 0.1) is 0 Å². The highest BCUT2D eigenvalue weighted by atomic mass is 35.5. The van der Waals surface area contributed by atoms with E-state index < -0.39 is 5.97 Å². The summed E-state index contributed by atoms with van der Waals surface area (Å²) in [5.41, 5.74) is 0.169. The number of hydrogen-bond donors (Lipinski definition) is 1. The Morgan fingerprint density at radius 1 is 1.47 bits per heavy atom. The van der Waals surface area contributed by atoms with E-state index in [1.165, 1.54) is 18.9 Å². The van der Waals surface area contributed by atoms with Gasteiger partial charge >= 0.3 is 5.97 Å². The normalized spacial score (nSPS) is 15.7. The molecular weight excluding hydrogens is 266 g/mol. The maximum atomic E-state index is 11.0. The summed E-state index contributed by atoms with van der Waals surface area (Å²) in [4.78, 5) is 19.5. The van der Waals surface area contributed by atoms with E-state index in [-0.39, 0.29) is 10.7 Å². The Bertz CT molecular complexity index is 461. The number of rotatable bonds is 5. The molecule has 19 heavy (non-hydrogen) atoms. The van der Waals surface area contributed by atoms with E-state index in [4.69, 9.17) is 16.7 Å². The molecule has 0 saturated carbocycles. The smallest absolute Gasteiger partial charge is 0.335 e. The number of carbonyl (C=O) groups is 1. The van der Waals surface area contributed by atoms with Crippen LogP contribution in [0.25, 0.3) is 0 Å². The summed E-state index contributed by atoms with van der Waals surface area (Å²) >= 11 is 5.85. The molecule has 104 valence electrons. The fraction of sp³-hybridized carbons (Fsp3) is 0.538. The molecule has 0 bridgehead atoms. The predicted molar refractivity (Wildman–Crippen MR) is 75.2 cm³/mol. The van der Waals surface area contributed by atoms with E-state index in [9.17, 15) is 4.79 Å². The minimum Gasteiger partial charge on any atom is -0.478 e. The van der Waals surface area contributed by atoms with Crippen molar-refractivity contribution < 1.29 is 9.90 Å². The van der Waals surface area contributed by atoms with E-state index in [0.29, 0.717) is 5.82 Å². The number of likely N-dealkylation sites (tertiary alicyclic amines) is 1. The third-order valence-electron chi connectivity index (χ3n) is 3.37. The molecule has 1 aromatic rings. The molecular formula is C13H18ClN3O2. The molecule has 1 N–H and O–H groups in total. The van der Waals surface area contributed by atoms with Gasteiger partial charge in [-0.1, -0.05) is 11.6 Å². The zero-order valence-corrected chi connectivity index (χ0v) is 11.7. The van der Waals surface area contributed by atoms with Crippen molar-refractivity contribution in [3.8, 4) is 0 Å². The maximum absolute atomic E-state index is 11.0. The van der Waals surface area contributed by atoms with Crippen molar-refractivity contribution in [3.63, 3.8) is 0 Å². The van der Waals surface area contributed by atoms with Crippen LogP contribution in [-0.2, 0) is 0 Å². The molecule has 1 saturated heterocycles. The lowest BCUT2D eigenvalue weighted by Crippen LogP contribution is -2.31. The minimum absolute atomic E-state index is 0.169. The number of nitrogens with zero attached hydrogens (tertiary/aromatic N) is 3. The fourth-order valence-corrected chi connectivity index (χ4v) is 2.42. The Morgan fingerprint density at radius 2 is 2.16 bits per heavy atom. The number of carboxylic acids is 1. The van der Waals surface area contributed by atoms with Gasteiger partial charge in [0.25, 0.3) is 0 Å². The van der Waals surface area contributed by atoms with E-state index in [0.717, 1.165) is 26.2 Å². The van der Waals surface area contributed by atoms with Gasteiger partial charge in [-0.25, -0.2) is 9.78 Å². The molecule has 0 atom stereocenters. The molecule has 2 heterocycles. The van der Waals surface area contributed by atoms with Crippen molar-refractivity contribution in [1.82, 2.24) is 9.88 Å². The van der Waals surface area contributed by atoms with Gasteiger partial charge in [-0.3, -0.25) is 0 Å². The van der Waals surface area contributed by atoms with Gasteiger partial charge in [0.15, 0.2) is 0 Å². The van der Waals surface area contributed by atoms with Gasteiger partial charge in [0.2, 0.25) is 0 Å².